The number of anilines is 1. The van der Waals surface area contributed by atoms with E-state index >= 15 is 0 Å². The summed E-state index contributed by atoms with van der Waals surface area (Å²) in [6.07, 6.45) is 1.83. The lowest BCUT2D eigenvalue weighted by Crippen LogP contribution is -2.33. The maximum absolute atomic E-state index is 5.58. The largest absolute Gasteiger partial charge is 0.383 e. The first-order chi connectivity index (χ1) is 7.60. The van der Waals surface area contributed by atoms with E-state index in [1.54, 1.807) is 7.11 Å². The number of nitrogens with zero attached hydrogens (tertiary/aromatic N) is 2. The van der Waals surface area contributed by atoms with E-state index in [1.165, 1.54) is 0 Å². The average molecular weight is 223 g/mol. The number of aryl methyl sites for hydroxylation is 1. The van der Waals surface area contributed by atoms with Gasteiger partial charge in [-0.3, -0.25) is 0 Å². The molecule has 0 saturated heterocycles. The first kappa shape index (κ1) is 12.9. The lowest BCUT2D eigenvalue weighted by Gasteiger charge is -2.26. The van der Waals surface area contributed by atoms with Crippen LogP contribution in [0, 0.1) is 6.92 Å². The Kier molecular flexibility index (Phi) is 4.71. The van der Waals surface area contributed by atoms with Crippen LogP contribution in [-0.2, 0) is 11.3 Å². The Bertz CT molecular complexity index is 341. The number of aromatic nitrogens is 1. The minimum absolute atomic E-state index is 0.305. The van der Waals surface area contributed by atoms with E-state index in [2.05, 4.69) is 29.8 Å². The van der Waals surface area contributed by atoms with Crippen LogP contribution in [0.1, 0.15) is 18.1 Å². The normalized spacial score (nSPS) is 12.6. The van der Waals surface area contributed by atoms with Gasteiger partial charge in [-0.15, -0.1) is 0 Å². The summed E-state index contributed by atoms with van der Waals surface area (Å²) in [5.74, 6) is 0.988. The van der Waals surface area contributed by atoms with Gasteiger partial charge in [0.2, 0.25) is 0 Å². The van der Waals surface area contributed by atoms with Crippen molar-refractivity contribution in [2.75, 3.05) is 25.7 Å². The number of ether oxygens (including phenoxy) is 1. The number of hydrogen-bond donors (Lipinski definition) is 1. The van der Waals surface area contributed by atoms with E-state index in [1.807, 2.05) is 13.2 Å². The Labute approximate surface area is 97.4 Å². The highest BCUT2D eigenvalue weighted by molar-refractivity contribution is 5.47. The first-order valence-electron chi connectivity index (χ1n) is 5.47. The van der Waals surface area contributed by atoms with Crippen molar-refractivity contribution in [2.24, 2.45) is 5.73 Å². The molecule has 0 amide bonds. The van der Waals surface area contributed by atoms with Crippen molar-refractivity contribution in [2.45, 2.75) is 26.4 Å². The zero-order chi connectivity index (χ0) is 12.1. The molecule has 1 unspecified atom stereocenters. The molecule has 0 aliphatic rings. The van der Waals surface area contributed by atoms with Gasteiger partial charge < -0.3 is 15.4 Å². The van der Waals surface area contributed by atoms with Gasteiger partial charge in [0.05, 0.1) is 12.6 Å². The molecule has 90 valence electrons. The smallest absolute Gasteiger partial charge is 0.131 e. The predicted octanol–water partition coefficient (Wildman–Crippen LogP) is 1.32. The molecule has 0 bridgehead atoms. The molecule has 0 aliphatic heterocycles. The predicted molar refractivity (Wildman–Crippen MR) is 66.6 cm³/mol. The molecule has 0 spiro atoms. The Morgan fingerprint density at radius 3 is 2.75 bits per heavy atom. The molecule has 1 heterocycles. The van der Waals surface area contributed by atoms with Crippen molar-refractivity contribution in [3.05, 3.63) is 23.4 Å². The third-order valence-corrected chi connectivity index (χ3v) is 2.75. The van der Waals surface area contributed by atoms with Gasteiger partial charge in [0, 0.05) is 26.9 Å². The van der Waals surface area contributed by atoms with E-state index in [4.69, 9.17) is 10.5 Å². The van der Waals surface area contributed by atoms with Crippen LogP contribution >= 0.6 is 0 Å². The summed E-state index contributed by atoms with van der Waals surface area (Å²) in [5, 5.41) is 0. The number of hydrogen-bond acceptors (Lipinski definition) is 4. The van der Waals surface area contributed by atoms with Crippen LogP contribution in [0.4, 0.5) is 5.82 Å². The molecule has 1 rings (SSSR count). The second kappa shape index (κ2) is 5.82. The van der Waals surface area contributed by atoms with Gasteiger partial charge in [-0.1, -0.05) is 0 Å². The summed E-state index contributed by atoms with van der Waals surface area (Å²) in [5.41, 5.74) is 7.79. The van der Waals surface area contributed by atoms with Crippen molar-refractivity contribution < 1.29 is 4.74 Å². The fourth-order valence-corrected chi connectivity index (χ4v) is 1.67. The fourth-order valence-electron chi connectivity index (χ4n) is 1.67. The number of methoxy groups -OCH3 is 1. The fraction of sp³-hybridized carbons (Fsp3) is 0.583. The van der Waals surface area contributed by atoms with Crippen molar-refractivity contribution in [1.29, 1.82) is 0 Å². The van der Waals surface area contributed by atoms with E-state index in [-0.39, 0.29) is 0 Å². The molecule has 1 atom stereocenters. The standard InChI is InChI=1S/C12H21N3O/c1-9-5-11(6-13)7-14-12(9)15(3)10(2)8-16-4/h5,7,10H,6,8,13H2,1-4H3. The van der Waals surface area contributed by atoms with Crippen LogP contribution in [0.3, 0.4) is 0 Å². The average Bonchev–Trinajstić information content (AvgIpc) is 2.28. The molecule has 2 N–H and O–H groups in total. The molecule has 0 radical (unpaired) electrons. The third kappa shape index (κ3) is 2.93. The maximum Gasteiger partial charge on any atom is 0.131 e. The second-order valence-electron chi connectivity index (χ2n) is 4.10. The van der Waals surface area contributed by atoms with Crippen molar-refractivity contribution in [3.8, 4) is 0 Å². The number of nitrogens with two attached hydrogens (primary N) is 1. The summed E-state index contributed by atoms with van der Waals surface area (Å²) < 4.78 is 5.14. The van der Waals surface area contributed by atoms with Gasteiger partial charge in [-0.25, -0.2) is 4.98 Å². The van der Waals surface area contributed by atoms with E-state index in [0.29, 0.717) is 19.2 Å². The summed E-state index contributed by atoms with van der Waals surface area (Å²) in [7, 11) is 3.74. The monoisotopic (exact) mass is 223 g/mol. The van der Waals surface area contributed by atoms with Gasteiger partial charge in [0.1, 0.15) is 5.82 Å². The minimum atomic E-state index is 0.305. The molecular formula is C12H21N3O. The molecule has 1 aromatic rings. The molecule has 0 aromatic carbocycles. The van der Waals surface area contributed by atoms with Crippen LogP contribution in [-0.4, -0.2) is 31.8 Å². The van der Waals surface area contributed by atoms with Gasteiger partial charge in [0.15, 0.2) is 0 Å². The molecule has 0 fully saturated rings. The second-order valence-corrected chi connectivity index (χ2v) is 4.10. The van der Waals surface area contributed by atoms with Gasteiger partial charge in [-0.05, 0) is 31.0 Å². The number of likely N-dealkylation sites (N-methyl/N-ethyl adjacent to an activating group) is 1. The summed E-state index contributed by atoms with van der Waals surface area (Å²) in [6, 6.07) is 2.39. The van der Waals surface area contributed by atoms with Crippen LogP contribution in [0.2, 0.25) is 0 Å². The van der Waals surface area contributed by atoms with Crippen molar-refractivity contribution >= 4 is 5.82 Å². The lowest BCUT2D eigenvalue weighted by atomic mass is 10.2. The molecule has 16 heavy (non-hydrogen) atoms. The number of rotatable bonds is 5. The molecule has 4 heteroatoms. The SMILES string of the molecule is COCC(C)N(C)c1ncc(CN)cc1C. The van der Waals surface area contributed by atoms with Gasteiger partial charge in [0.25, 0.3) is 0 Å². The van der Waals surface area contributed by atoms with Crippen molar-refractivity contribution in [3.63, 3.8) is 0 Å². The zero-order valence-electron chi connectivity index (χ0n) is 10.5. The first-order valence-corrected chi connectivity index (χ1v) is 5.47. The molecule has 0 aliphatic carbocycles. The van der Waals surface area contributed by atoms with Gasteiger partial charge in [-0.2, -0.15) is 0 Å². The zero-order valence-corrected chi connectivity index (χ0v) is 10.5. The maximum atomic E-state index is 5.58. The summed E-state index contributed by atoms with van der Waals surface area (Å²) >= 11 is 0. The summed E-state index contributed by atoms with van der Waals surface area (Å²) in [6.45, 7) is 5.39. The van der Waals surface area contributed by atoms with E-state index < -0.39 is 0 Å². The van der Waals surface area contributed by atoms with E-state index in [0.717, 1.165) is 16.9 Å². The Morgan fingerprint density at radius 2 is 2.25 bits per heavy atom. The van der Waals surface area contributed by atoms with Gasteiger partial charge >= 0.3 is 0 Å². The van der Waals surface area contributed by atoms with Crippen LogP contribution in [0.5, 0.6) is 0 Å². The molecule has 0 saturated carbocycles. The molecule has 1 aromatic heterocycles. The van der Waals surface area contributed by atoms with Crippen LogP contribution in [0.15, 0.2) is 12.3 Å². The lowest BCUT2D eigenvalue weighted by molar-refractivity contribution is 0.183. The highest BCUT2D eigenvalue weighted by Gasteiger charge is 2.13. The highest BCUT2D eigenvalue weighted by Crippen LogP contribution is 2.18. The van der Waals surface area contributed by atoms with Crippen LogP contribution in [0.25, 0.3) is 0 Å². The third-order valence-electron chi connectivity index (χ3n) is 2.75. The quantitative estimate of drug-likeness (QED) is 0.818. The molecular weight excluding hydrogens is 202 g/mol. The number of pyridine rings is 1. The Morgan fingerprint density at radius 1 is 1.56 bits per heavy atom. The molecule has 4 nitrogen and oxygen atoms in total. The Balaban J connectivity index is 2.87. The highest BCUT2D eigenvalue weighted by atomic mass is 16.5. The van der Waals surface area contributed by atoms with Crippen molar-refractivity contribution in [1.82, 2.24) is 4.98 Å². The van der Waals surface area contributed by atoms with Crippen LogP contribution < -0.4 is 10.6 Å². The minimum Gasteiger partial charge on any atom is -0.383 e. The topological polar surface area (TPSA) is 51.4 Å². The van der Waals surface area contributed by atoms with E-state index in [9.17, 15) is 0 Å². The summed E-state index contributed by atoms with van der Waals surface area (Å²) in [4.78, 5) is 6.57. The Hall–Kier alpha value is -1.13.